The van der Waals surface area contributed by atoms with Crippen LogP contribution in [0.15, 0.2) is 18.3 Å². The van der Waals surface area contributed by atoms with Crippen molar-refractivity contribution in [1.29, 1.82) is 0 Å². The average molecular weight is 310 g/mol. The fourth-order valence-corrected chi connectivity index (χ4v) is 3.30. The van der Waals surface area contributed by atoms with E-state index in [2.05, 4.69) is 29.6 Å². The normalized spacial score (nSPS) is 18.5. The Labute approximate surface area is 126 Å². The van der Waals surface area contributed by atoms with Gasteiger partial charge in [0.2, 0.25) is 15.9 Å². The van der Waals surface area contributed by atoms with Crippen molar-refractivity contribution in [2.75, 3.05) is 18.1 Å². The lowest BCUT2D eigenvalue weighted by molar-refractivity contribution is 0.132. The molecule has 0 radical (unpaired) electrons. The van der Waals surface area contributed by atoms with Crippen LogP contribution in [-0.2, 0) is 10.0 Å². The number of ether oxygens (including phenoxy) is 1. The molecule has 1 heterocycles. The molecule has 21 heavy (non-hydrogen) atoms. The van der Waals surface area contributed by atoms with Crippen LogP contribution in [0.1, 0.15) is 32.3 Å². The number of pyridine rings is 1. The van der Waals surface area contributed by atoms with Crippen molar-refractivity contribution in [3.05, 3.63) is 23.9 Å². The topological polar surface area (TPSA) is 68.3 Å². The third-order valence-electron chi connectivity index (χ3n) is 3.55. The van der Waals surface area contributed by atoms with E-state index in [0.717, 1.165) is 11.8 Å². The highest BCUT2D eigenvalue weighted by Gasteiger charge is 2.34. The molecule has 1 aliphatic carbocycles. The van der Waals surface area contributed by atoms with E-state index in [0.29, 0.717) is 22.9 Å². The van der Waals surface area contributed by atoms with Gasteiger partial charge in [-0.3, -0.25) is 4.72 Å². The molecule has 1 aromatic heterocycles. The Morgan fingerprint density at radius 2 is 2.10 bits per heavy atom. The first kappa shape index (κ1) is 15.8. The summed E-state index contributed by atoms with van der Waals surface area (Å²) in [6.07, 6.45) is 9.00. The number of allylic oxidation sites excluding steroid dienone is 1. The van der Waals surface area contributed by atoms with Gasteiger partial charge in [0.15, 0.2) is 0 Å². The molecule has 0 spiro atoms. The Balaban J connectivity index is 2.16. The number of rotatable bonds is 5. The van der Waals surface area contributed by atoms with Crippen molar-refractivity contribution in [2.24, 2.45) is 11.3 Å². The fraction of sp³-hybridized carbons (Fsp3) is 0.533. The maximum absolute atomic E-state index is 11.3. The highest BCUT2D eigenvalue weighted by molar-refractivity contribution is 7.92. The molecule has 1 N–H and O–H groups in total. The lowest BCUT2D eigenvalue weighted by Gasteiger charge is -2.41. The van der Waals surface area contributed by atoms with E-state index in [9.17, 15) is 8.42 Å². The van der Waals surface area contributed by atoms with E-state index in [-0.39, 0.29) is 0 Å². The molecule has 0 aliphatic heterocycles. The fourth-order valence-electron chi connectivity index (χ4n) is 2.76. The molecule has 2 rings (SSSR count). The van der Waals surface area contributed by atoms with Crippen molar-refractivity contribution in [3.8, 4) is 5.88 Å². The van der Waals surface area contributed by atoms with Crippen LogP contribution in [0.2, 0.25) is 0 Å². The summed E-state index contributed by atoms with van der Waals surface area (Å²) in [4.78, 5) is 4.13. The van der Waals surface area contributed by atoms with E-state index < -0.39 is 10.0 Å². The van der Waals surface area contributed by atoms with Crippen molar-refractivity contribution in [3.63, 3.8) is 0 Å². The highest BCUT2D eigenvalue weighted by Crippen LogP contribution is 2.45. The van der Waals surface area contributed by atoms with Gasteiger partial charge in [-0.05, 0) is 30.2 Å². The molecule has 6 heteroatoms. The first-order valence-electron chi connectivity index (χ1n) is 6.88. The Bertz CT molecular complexity index is 643. The lowest BCUT2D eigenvalue weighted by Crippen LogP contribution is -2.29. The predicted octanol–water partition coefficient (Wildman–Crippen LogP) is 2.91. The Morgan fingerprint density at radius 3 is 2.62 bits per heavy atom. The minimum atomic E-state index is -3.31. The third-order valence-corrected chi connectivity index (χ3v) is 4.16. The number of nitrogens with zero attached hydrogens (tertiary/aromatic N) is 1. The number of nitrogens with one attached hydrogen (secondary N) is 1. The Hall–Kier alpha value is -1.56. The number of methoxy groups -OCH3 is 1. The second-order valence-corrected chi connectivity index (χ2v) is 8.14. The molecule has 0 saturated heterocycles. The van der Waals surface area contributed by atoms with Gasteiger partial charge in [-0.1, -0.05) is 26.0 Å². The predicted molar refractivity (Wildman–Crippen MR) is 84.8 cm³/mol. The SMILES string of the molecule is COc1ncc(NS(C)(=O)=O)cc1/C=C/C1CC(C)(C)C1. The average Bonchev–Trinajstić information content (AvgIpc) is 2.32. The van der Waals surface area contributed by atoms with Crippen LogP contribution in [0.4, 0.5) is 5.69 Å². The van der Waals surface area contributed by atoms with E-state index in [1.807, 2.05) is 6.08 Å². The summed E-state index contributed by atoms with van der Waals surface area (Å²) in [5.41, 5.74) is 1.64. The molecule has 0 amide bonds. The number of hydrogen-bond acceptors (Lipinski definition) is 4. The van der Waals surface area contributed by atoms with E-state index in [1.54, 1.807) is 13.2 Å². The molecule has 1 saturated carbocycles. The van der Waals surface area contributed by atoms with Crippen LogP contribution < -0.4 is 9.46 Å². The third kappa shape index (κ3) is 4.46. The van der Waals surface area contributed by atoms with Crippen LogP contribution in [0.5, 0.6) is 5.88 Å². The minimum absolute atomic E-state index is 0.428. The summed E-state index contributed by atoms with van der Waals surface area (Å²) in [7, 11) is -1.76. The van der Waals surface area contributed by atoms with Crippen molar-refractivity contribution in [1.82, 2.24) is 4.98 Å². The van der Waals surface area contributed by atoms with Crippen molar-refractivity contribution < 1.29 is 13.2 Å². The molecule has 0 bridgehead atoms. The number of anilines is 1. The van der Waals surface area contributed by atoms with Gasteiger partial charge in [0.25, 0.3) is 0 Å². The minimum Gasteiger partial charge on any atom is -0.481 e. The molecule has 1 aromatic rings. The van der Waals surface area contributed by atoms with Crippen molar-refractivity contribution >= 4 is 21.8 Å². The van der Waals surface area contributed by atoms with Gasteiger partial charge in [0.05, 0.1) is 25.2 Å². The van der Waals surface area contributed by atoms with Gasteiger partial charge in [0.1, 0.15) is 0 Å². The zero-order chi connectivity index (χ0) is 15.7. The zero-order valence-corrected chi connectivity index (χ0v) is 13.7. The summed E-state index contributed by atoms with van der Waals surface area (Å²) in [5, 5.41) is 0. The molecule has 1 fully saturated rings. The molecule has 0 atom stereocenters. The van der Waals surface area contributed by atoms with Gasteiger partial charge in [-0.25, -0.2) is 13.4 Å². The largest absolute Gasteiger partial charge is 0.481 e. The quantitative estimate of drug-likeness (QED) is 0.908. The smallest absolute Gasteiger partial charge is 0.229 e. The number of aromatic nitrogens is 1. The second kappa shape index (κ2) is 5.67. The van der Waals surface area contributed by atoms with Crippen LogP contribution >= 0.6 is 0 Å². The second-order valence-electron chi connectivity index (χ2n) is 6.39. The summed E-state index contributed by atoms with van der Waals surface area (Å²) in [6.45, 7) is 4.52. The molecule has 5 nitrogen and oxygen atoms in total. The monoisotopic (exact) mass is 310 g/mol. The lowest BCUT2D eigenvalue weighted by atomic mass is 9.64. The van der Waals surface area contributed by atoms with E-state index in [4.69, 9.17) is 4.74 Å². The van der Waals surface area contributed by atoms with Gasteiger partial charge in [0, 0.05) is 5.56 Å². The summed E-state index contributed by atoms with van der Waals surface area (Å²) < 4.78 is 30.2. The van der Waals surface area contributed by atoms with E-state index >= 15 is 0 Å². The van der Waals surface area contributed by atoms with Gasteiger partial charge < -0.3 is 4.74 Å². The van der Waals surface area contributed by atoms with Crippen LogP contribution in [0.25, 0.3) is 6.08 Å². The summed E-state index contributed by atoms with van der Waals surface area (Å²) in [6, 6.07) is 1.73. The number of sulfonamides is 1. The van der Waals surface area contributed by atoms with Gasteiger partial charge in [-0.15, -0.1) is 0 Å². The molecule has 0 unspecified atom stereocenters. The van der Waals surface area contributed by atoms with Crippen molar-refractivity contribution in [2.45, 2.75) is 26.7 Å². The highest BCUT2D eigenvalue weighted by atomic mass is 32.2. The maximum atomic E-state index is 11.3. The summed E-state index contributed by atoms with van der Waals surface area (Å²) in [5.74, 6) is 1.06. The Kier molecular flexibility index (Phi) is 4.27. The maximum Gasteiger partial charge on any atom is 0.229 e. The Morgan fingerprint density at radius 1 is 1.43 bits per heavy atom. The molecular formula is C15H22N2O3S. The molecule has 0 aromatic carbocycles. The van der Waals surface area contributed by atoms with Gasteiger partial charge >= 0.3 is 0 Å². The first-order valence-corrected chi connectivity index (χ1v) is 8.78. The van der Waals surface area contributed by atoms with Gasteiger partial charge in [-0.2, -0.15) is 0 Å². The van der Waals surface area contributed by atoms with Crippen LogP contribution in [-0.4, -0.2) is 26.8 Å². The molecule has 1 aliphatic rings. The molecular weight excluding hydrogens is 288 g/mol. The zero-order valence-electron chi connectivity index (χ0n) is 12.9. The van der Waals surface area contributed by atoms with E-state index in [1.165, 1.54) is 19.0 Å². The molecule has 116 valence electrons. The standard InChI is InChI=1S/C15H22N2O3S/c1-15(2)8-11(9-15)5-6-12-7-13(17-21(4,18)19)10-16-14(12)20-3/h5-7,10-11,17H,8-9H2,1-4H3/b6-5+. The van der Waals surface area contributed by atoms with Crippen LogP contribution in [0, 0.1) is 11.3 Å². The first-order chi connectivity index (χ1) is 9.68. The number of hydrogen-bond donors (Lipinski definition) is 1. The van der Waals surface area contributed by atoms with Crippen LogP contribution in [0.3, 0.4) is 0 Å². The summed E-state index contributed by atoms with van der Waals surface area (Å²) >= 11 is 0.